The zero-order valence-corrected chi connectivity index (χ0v) is 23.0. The Morgan fingerprint density at radius 3 is 2.37 bits per heavy atom. The van der Waals surface area contributed by atoms with Gasteiger partial charge < -0.3 is 19.3 Å². The molecule has 0 atom stereocenters. The SMILES string of the molecule is COc1ccc(CN2Cc3nc(-c4c(F)cccc4F)cc(Cc4ccc(N5CCCC5)cn4)c3C2=O)c(OC)c1. The summed E-state index contributed by atoms with van der Waals surface area (Å²) in [5.74, 6) is -0.376. The molecular weight excluding hydrogens is 526 g/mol. The first-order valence-corrected chi connectivity index (χ1v) is 13.6. The summed E-state index contributed by atoms with van der Waals surface area (Å²) in [6.45, 7) is 2.50. The van der Waals surface area contributed by atoms with Crippen molar-refractivity contribution in [3.63, 3.8) is 0 Å². The van der Waals surface area contributed by atoms with Gasteiger partial charge in [0.05, 0.1) is 61.7 Å². The molecule has 6 rings (SSSR count). The number of halogens is 2. The first kappa shape index (κ1) is 26.7. The topological polar surface area (TPSA) is 67.8 Å². The van der Waals surface area contributed by atoms with Crippen molar-refractivity contribution >= 4 is 11.6 Å². The van der Waals surface area contributed by atoms with Gasteiger partial charge in [0.15, 0.2) is 0 Å². The minimum absolute atomic E-state index is 0.153. The Morgan fingerprint density at radius 1 is 0.902 bits per heavy atom. The minimum Gasteiger partial charge on any atom is -0.497 e. The predicted molar refractivity (Wildman–Crippen MR) is 151 cm³/mol. The largest absolute Gasteiger partial charge is 0.497 e. The Kier molecular flexibility index (Phi) is 7.26. The molecule has 4 heterocycles. The van der Waals surface area contributed by atoms with E-state index in [-0.39, 0.29) is 30.3 Å². The number of aromatic nitrogens is 2. The molecule has 2 aliphatic heterocycles. The molecule has 1 fully saturated rings. The summed E-state index contributed by atoms with van der Waals surface area (Å²) < 4.78 is 40.5. The van der Waals surface area contributed by atoms with E-state index in [2.05, 4.69) is 14.9 Å². The van der Waals surface area contributed by atoms with Crippen LogP contribution in [0.5, 0.6) is 11.5 Å². The number of nitrogens with zero attached hydrogens (tertiary/aromatic N) is 4. The van der Waals surface area contributed by atoms with Crippen LogP contribution in [0, 0.1) is 11.6 Å². The fourth-order valence-corrected chi connectivity index (χ4v) is 5.65. The van der Waals surface area contributed by atoms with Gasteiger partial charge >= 0.3 is 0 Å². The van der Waals surface area contributed by atoms with Crippen molar-refractivity contribution in [2.45, 2.75) is 32.4 Å². The van der Waals surface area contributed by atoms with Crippen LogP contribution in [-0.2, 0) is 19.5 Å². The Labute approximate surface area is 237 Å². The molecular formula is C32H30F2N4O3. The van der Waals surface area contributed by atoms with Gasteiger partial charge in [0.25, 0.3) is 5.91 Å². The van der Waals surface area contributed by atoms with Crippen LogP contribution >= 0.6 is 0 Å². The molecule has 7 nitrogen and oxygen atoms in total. The number of amides is 1. The molecule has 2 aromatic heterocycles. The average molecular weight is 557 g/mol. The van der Waals surface area contributed by atoms with Crippen LogP contribution in [0.15, 0.2) is 60.8 Å². The summed E-state index contributed by atoms with van der Waals surface area (Å²) in [4.78, 5) is 27.0. The lowest BCUT2D eigenvalue weighted by Gasteiger charge is -2.18. The molecule has 0 saturated carbocycles. The quantitative estimate of drug-likeness (QED) is 0.274. The molecule has 0 aliphatic carbocycles. The maximum absolute atomic E-state index is 14.8. The van der Waals surface area contributed by atoms with Crippen LogP contribution in [0.2, 0.25) is 0 Å². The second kappa shape index (κ2) is 11.2. The Morgan fingerprint density at radius 2 is 1.68 bits per heavy atom. The van der Waals surface area contributed by atoms with Gasteiger partial charge in [-0.05, 0) is 60.9 Å². The fraction of sp³-hybridized carbons (Fsp3) is 0.281. The van der Waals surface area contributed by atoms with Crippen molar-refractivity contribution in [2.75, 3.05) is 32.2 Å². The maximum Gasteiger partial charge on any atom is 0.256 e. The van der Waals surface area contributed by atoms with Gasteiger partial charge in [-0.25, -0.2) is 13.8 Å². The molecule has 2 aliphatic rings. The van der Waals surface area contributed by atoms with Crippen LogP contribution in [-0.4, -0.2) is 48.1 Å². The minimum atomic E-state index is -0.708. The number of fused-ring (bicyclic) bond motifs is 1. The van der Waals surface area contributed by atoms with Crippen molar-refractivity contribution in [1.82, 2.24) is 14.9 Å². The number of carbonyl (C=O) groups is 1. The number of rotatable bonds is 8. The summed E-state index contributed by atoms with van der Waals surface area (Å²) in [5.41, 5.74) is 4.12. The monoisotopic (exact) mass is 556 g/mol. The van der Waals surface area contributed by atoms with E-state index in [1.165, 1.54) is 31.0 Å². The van der Waals surface area contributed by atoms with Gasteiger partial charge in [0.2, 0.25) is 0 Å². The van der Waals surface area contributed by atoms with E-state index in [9.17, 15) is 13.6 Å². The number of pyridine rings is 2. The average Bonchev–Trinajstić information content (AvgIpc) is 3.62. The van der Waals surface area contributed by atoms with E-state index in [0.717, 1.165) is 30.0 Å². The molecule has 1 amide bonds. The molecule has 9 heteroatoms. The Bertz CT molecular complexity index is 1580. The number of ether oxygens (including phenoxy) is 2. The Hall–Kier alpha value is -4.53. The van der Waals surface area contributed by atoms with E-state index in [1.54, 1.807) is 31.3 Å². The molecule has 0 bridgehead atoms. The van der Waals surface area contributed by atoms with Crippen LogP contribution in [0.1, 0.15) is 45.7 Å². The highest BCUT2D eigenvalue weighted by Crippen LogP contribution is 2.35. The number of benzene rings is 2. The van der Waals surface area contributed by atoms with Gasteiger partial charge in [-0.1, -0.05) is 6.07 Å². The van der Waals surface area contributed by atoms with E-state index < -0.39 is 11.6 Å². The van der Waals surface area contributed by atoms with Crippen molar-refractivity contribution in [3.8, 4) is 22.8 Å². The highest BCUT2D eigenvalue weighted by molar-refractivity contribution is 5.99. The summed E-state index contributed by atoms with van der Waals surface area (Å²) >= 11 is 0. The number of methoxy groups -OCH3 is 2. The van der Waals surface area contributed by atoms with Gasteiger partial charge in [-0.2, -0.15) is 0 Å². The third-order valence-corrected chi connectivity index (χ3v) is 7.74. The number of carbonyl (C=O) groups excluding carboxylic acids is 1. The van der Waals surface area contributed by atoms with Crippen LogP contribution in [0.25, 0.3) is 11.3 Å². The normalized spacial score (nSPS) is 14.5. The smallest absolute Gasteiger partial charge is 0.256 e. The predicted octanol–water partition coefficient (Wildman–Crippen LogP) is 5.79. The van der Waals surface area contributed by atoms with Crippen LogP contribution < -0.4 is 14.4 Å². The number of hydrogen-bond acceptors (Lipinski definition) is 6. The number of anilines is 1. The summed E-state index contributed by atoms with van der Waals surface area (Å²) in [5, 5.41) is 0. The van der Waals surface area contributed by atoms with E-state index in [4.69, 9.17) is 9.47 Å². The molecule has 0 spiro atoms. The lowest BCUT2D eigenvalue weighted by molar-refractivity contribution is 0.0764. The zero-order valence-electron chi connectivity index (χ0n) is 23.0. The first-order valence-electron chi connectivity index (χ1n) is 13.6. The highest BCUT2D eigenvalue weighted by atomic mass is 19.1. The van der Waals surface area contributed by atoms with E-state index >= 15 is 0 Å². The highest BCUT2D eigenvalue weighted by Gasteiger charge is 2.33. The molecule has 1 saturated heterocycles. The molecule has 2 aromatic carbocycles. The zero-order chi connectivity index (χ0) is 28.5. The van der Waals surface area contributed by atoms with Crippen LogP contribution in [0.3, 0.4) is 0 Å². The van der Waals surface area contributed by atoms with Gasteiger partial charge in [0.1, 0.15) is 23.1 Å². The van der Waals surface area contributed by atoms with Crippen molar-refractivity contribution in [1.29, 1.82) is 0 Å². The maximum atomic E-state index is 14.8. The van der Waals surface area contributed by atoms with Crippen LogP contribution in [0.4, 0.5) is 14.5 Å². The van der Waals surface area contributed by atoms with Crippen molar-refractivity contribution in [2.24, 2.45) is 0 Å². The van der Waals surface area contributed by atoms with Gasteiger partial charge in [-0.15, -0.1) is 0 Å². The molecule has 0 radical (unpaired) electrons. The lowest BCUT2D eigenvalue weighted by Crippen LogP contribution is -2.24. The molecule has 0 unspecified atom stereocenters. The molecule has 210 valence electrons. The molecule has 41 heavy (non-hydrogen) atoms. The summed E-state index contributed by atoms with van der Waals surface area (Å²) in [6.07, 6.45) is 4.51. The lowest BCUT2D eigenvalue weighted by atomic mass is 9.98. The second-order valence-electron chi connectivity index (χ2n) is 10.3. The third-order valence-electron chi connectivity index (χ3n) is 7.74. The Balaban J connectivity index is 1.37. The first-order chi connectivity index (χ1) is 19.9. The van der Waals surface area contributed by atoms with Crippen molar-refractivity contribution in [3.05, 3.63) is 101 Å². The van der Waals surface area contributed by atoms with Gasteiger partial charge in [-0.3, -0.25) is 9.78 Å². The molecule has 4 aromatic rings. The summed E-state index contributed by atoms with van der Waals surface area (Å²) in [7, 11) is 3.14. The summed E-state index contributed by atoms with van der Waals surface area (Å²) in [6, 6.07) is 14.8. The standard InChI is InChI=1S/C32H30F2N4O3/c1-40-24-11-8-20(29(16-24)41-2)18-38-19-28-30(32(38)39)21(15-27(36-28)31-25(33)6-5-7-26(31)34)14-22-9-10-23(17-35-22)37-12-3-4-13-37/h5-11,15-17H,3-4,12-14,18-19H2,1-2H3. The molecule has 0 N–H and O–H groups in total. The van der Waals surface area contributed by atoms with Crippen molar-refractivity contribution < 1.29 is 23.0 Å². The fourth-order valence-electron chi connectivity index (χ4n) is 5.65. The number of hydrogen-bond donors (Lipinski definition) is 0. The third kappa shape index (κ3) is 5.19. The van der Waals surface area contributed by atoms with E-state index in [0.29, 0.717) is 34.7 Å². The second-order valence-corrected chi connectivity index (χ2v) is 10.3. The van der Waals surface area contributed by atoms with Gasteiger partial charge in [0, 0.05) is 36.8 Å². The van der Waals surface area contributed by atoms with E-state index in [1.807, 2.05) is 30.5 Å².